The van der Waals surface area contributed by atoms with E-state index in [1.165, 1.54) is 0 Å². The average molecular weight is 347 g/mol. The van der Waals surface area contributed by atoms with Crippen LogP contribution < -0.4 is 11.1 Å². The Morgan fingerprint density at radius 2 is 1.84 bits per heavy atom. The van der Waals surface area contributed by atoms with Gasteiger partial charge in [-0.3, -0.25) is 14.4 Å². The molecule has 1 atom stereocenters. The number of hydrogen-bond donors (Lipinski definition) is 2. The number of carbonyl (C=O) groups is 3. The number of benzene rings is 1. The van der Waals surface area contributed by atoms with Gasteiger partial charge in [-0.2, -0.15) is 0 Å². The van der Waals surface area contributed by atoms with E-state index in [0.29, 0.717) is 13.1 Å². The Morgan fingerprint density at radius 3 is 2.48 bits per heavy atom. The molecule has 3 N–H and O–H groups in total. The molecule has 0 radical (unpaired) electrons. The summed E-state index contributed by atoms with van der Waals surface area (Å²) >= 11 is 0. The molecule has 1 aromatic rings. The van der Waals surface area contributed by atoms with Crippen LogP contribution in [0.5, 0.6) is 0 Å². The molecule has 136 valence electrons. The highest BCUT2D eigenvalue weighted by Crippen LogP contribution is 2.10. The zero-order valence-corrected chi connectivity index (χ0v) is 14.3. The molecule has 2 rings (SSSR count). The first kappa shape index (κ1) is 18.9. The molecule has 25 heavy (non-hydrogen) atoms. The molecule has 1 heterocycles. The van der Waals surface area contributed by atoms with E-state index in [2.05, 4.69) is 5.32 Å². The monoisotopic (exact) mass is 347 g/mol. The van der Waals surface area contributed by atoms with Crippen molar-refractivity contribution in [3.8, 4) is 0 Å². The molecular weight excluding hydrogens is 322 g/mol. The fourth-order valence-corrected chi connectivity index (χ4v) is 2.76. The van der Waals surface area contributed by atoms with Crippen LogP contribution in [0.25, 0.3) is 0 Å². The predicted molar refractivity (Wildman–Crippen MR) is 92.3 cm³/mol. The molecule has 7 nitrogen and oxygen atoms in total. The second-order valence-corrected chi connectivity index (χ2v) is 6.11. The van der Waals surface area contributed by atoms with Gasteiger partial charge in [0.1, 0.15) is 6.61 Å². The van der Waals surface area contributed by atoms with Gasteiger partial charge in [0.2, 0.25) is 11.8 Å². The second-order valence-electron chi connectivity index (χ2n) is 6.11. The van der Waals surface area contributed by atoms with Crippen molar-refractivity contribution in [1.29, 1.82) is 0 Å². The van der Waals surface area contributed by atoms with Gasteiger partial charge in [-0.05, 0) is 18.4 Å². The maximum Gasteiger partial charge on any atom is 0.307 e. The van der Waals surface area contributed by atoms with Gasteiger partial charge in [0.25, 0.3) is 0 Å². The van der Waals surface area contributed by atoms with E-state index in [1.54, 1.807) is 4.90 Å². The van der Waals surface area contributed by atoms with E-state index in [4.69, 9.17) is 10.5 Å². The number of nitrogens with two attached hydrogens (primary N) is 1. The summed E-state index contributed by atoms with van der Waals surface area (Å²) in [5.41, 5.74) is 6.15. The number of amides is 2. The smallest absolute Gasteiger partial charge is 0.307 e. The minimum Gasteiger partial charge on any atom is -0.461 e. The van der Waals surface area contributed by atoms with Gasteiger partial charge in [0, 0.05) is 19.6 Å². The van der Waals surface area contributed by atoms with Crippen LogP contribution >= 0.6 is 0 Å². The molecule has 1 fully saturated rings. The van der Waals surface area contributed by atoms with Crippen molar-refractivity contribution in [1.82, 2.24) is 10.2 Å². The fraction of sp³-hybridized carbons (Fsp3) is 0.500. The lowest BCUT2D eigenvalue weighted by molar-refractivity contribution is -0.145. The molecule has 0 unspecified atom stereocenters. The van der Waals surface area contributed by atoms with Crippen LogP contribution in [-0.4, -0.2) is 48.4 Å². The normalized spacial score (nSPS) is 15.0. The summed E-state index contributed by atoms with van der Waals surface area (Å²) in [7, 11) is 0. The lowest BCUT2D eigenvalue weighted by Crippen LogP contribution is -2.47. The molecule has 0 bridgehead atoms. The molecule has 0 spiro atoms. The number of likely N-dealkylation sites (tertiary alicyclic amines) is 1. The number of carbonyl (C=O) groups excluding carboxylic acids is 3. The molecular formula is C18H25N3O4. The third-order valence-electron chi connectivity index (χ3n) is 4.08. The van der Waals surface area contributed by atoms with Crippen molar-refractivity contribution >= 4 is 17.8 Å². The SMILES string of the molecule is NC(=O)C[C@H](NCCC(=O)OCc1ccccc1)C(=O)N1CCCC1. The predicted octanol–water partition coefficient (Wildman–Crippen LogP) is 0.576. The van der Waals surface area contributed by atoms with Crippen LogP contribution in [0.15, 0.2) is 30.3 Å². The Morgan fingerprint density at radius 1 is 1.16 bits per heavy atom. The quantitative estimate of drug-likeness (QED) is 0.636. The third-order valence-corrected chi connectivity index (χ3v) is 4.08. The van der Waals surface area contributed by atoms with Gasteiger partial charge in [0.05, 0.1) is 18.9 Å². The van der Waals surface area contributed by atoms with Gasteiger partial charge < -0.3 is 20.7 Å². The number of hydrogen-bond acceptors (Lipinski definition) is 5. The number of rotatable bonds is 9. The van der Waals surface area contributed by atoms with Crippen LogP contribution in [0, 0.1) is 0 Å². The first-order chi connectivity index (χ1) is 12.1. The third kappa shape index (κ3) is 6.54. The van der Waals surface area contributed by atoms with Gasteiger partial charge in [-0.1, -0.05) is 30.3 Å². The zero-order valence-electron chi connectivity index (χ0n) is 14.3. The minimum atomic E-state index is -0.683. The Kier molecular flexibility index (Phi) is 7.40. The van der Waals surface area contributed by atoms with Crippen LogP contribution in [0.1, 0.15) is 31.2 Å². The summed E-state index contributed by atoms with van der Waals surface area (Å²) in [4.78, 5) is 37.1. The molecule has 1 aromatic carbocycles. The number of primary amides is 1. The topological polar surface area (TPSA) is 102 Å². The van der Waals surface area contributed by atoms with E-state index < -0.39 is 11.9 Å². The maximum absolute atomic E-state index is 12.4. The van der Waals surface area contributed by atoms with Crippen LogP contribution in [0.2, 0.25) is 0 Å². The highest BCUT2D eigenvalue weighted by Gasteiger charge is 2.27. The van der Waals surface area contributed by atoms with Crippen molar-refractivity contribution in [3.05, 3.63) is 35.9 Å². The molecule has 0 aliphatic carbocycles. The van der Waals surface area contributed by atoms with Crippen LogP contribution in [0.4, 0.5) is 0 Å². The molecule has 7 heteroatoms. The maximum atomic E-state index is 12.4. The lowest BCUT2D eigenvalue weighted by atomic mass is 10.1. The number of esters is 1. The number of nitrogens with one attached hydrogen (secondary N) is 1. The Labute approximate surface area is 147 Å². The summed E-state index contributed by atoms with van der Waals surface area (Å²) in [5.74, 6) is -1.03. The summed E-state index contributed by atoms with van der Waals surface area (Å²) in [6, 6.07) is 8.72. The Hall–Kier alpha value is -2.41. The summed E-state index contributed by atoms with van der Waals surface area (Å²) in [5, 5.41) is 2.96. The Balaban J connectivity index is 1.74. The first-order valence-corrected chi connectivity index (χ1v) is 8.56. The van der Waals surface area contributed by atoms with E-state index in [1.807, 2.05) is 30.3 Å². The second kappa shape index (κ2) is 9.78. The minimum absolute atomic E-state index is 0.0750. The van der Waals surface area contributed by atoms with Crippen LogP contribution in [-0.2, 0) is 25.7 Å². The van der Waals surface area contributed by atoms with Crippen molar-refractivity contribution in [2.75, 3.05) is 19.6 Å². The zero-order chi connectivity index (χ0) is 18.1. The van der Waals surface area contributed by atoms with Crippen molar-refractivity contribution in [2.24, 2.45) is 5.73 Å². The van der Waals surface area contributed by atoms with Crippen molar-refractivity contribution in [3.63, 3.8) is 0 Å². The highest BCUT2D eigenvalue weighted by atomic mass is 16.5. The molecule has 1 aliphatic heterocycles. The molecule has 2 amide bonds. The van der Waals surface area contributed by atoms with E-state index in [-0.39, 0.29) is 37.9 Å². The summed E-state index contributed by atoms with van der Waals surface area (Å²) in [6.07, 6.45) is 1.99. The van der Waals surface area contributed by atoms with Gasteiger partial charge in [0.15, 0.2) is 0 Å². The molecule has 0 aromatic heterocycles. The van der Waals surface area contributed by atoms with Crippen molar-refractivity contribution < 1.29 is 19.1 Å². The average Bonchev–Trinajstić information content (AvgIpc) is 3.13. The van der Waals surface area contributed by atoms with Crippen molar-refractivity contribution in [2.45, 2.75) is 38.3 Å². The highest BCUT2D eigenvalue weighted by molar-refractivity contribution is 5.88. The molecule has 1 aliphatic rings. The summed E-state index contributed by atoms with van der Waals surface area (Å²) in [6.45, 7) is 1.88. The molecule has 1 saturated heterocycles. The van der Waals surface area contributed by atoms with Gasteiger partial charge in [-0.15, -0.1) is 0 Å². The molecule has 0 saturated carbocycles. The van der Waals surface area contributed by atoms with Crippen LogP contribution in [0.3, 0.4) is 0 Å². The fourth-order valence-electron chi connectivity index (χ4n) is 2.76. The lowest BCUT2D eigenvalue weighted by Gasteiger charge is -2.23. The number of ether oxygens (including phenoxy) is 1. The van der Waals surface area contributed by atoms with Gasteiger partial charge in [-0.25, -0.2) is 0 Å². The standard InChI is InChI=1S/C18H25N3O4/c19-16(22)12-15(18(24)21-10-4-5-11-21)20-9-8-17(23)25-13-14-6-2-1-3-7-14/h1-3,6-7,15,20H,4-5,8-13H2,(H2,19,22)/t15-/m0/s1. The van der Waals surface area contributed by atoms with Gasteiger partial charge >= 0.3 is 5.97 Å². The largest absolute Gasteiger partial charge is 0.461 e. The Bertz CT molecular complexity index is 585. The van der Waals surface area contributed by atoms with E-state index in [9.17, 15) is 14.4 Å². The summed E-state index contributed by atoms with van der Waals surface area (Å²) < 4.78 is 5.19. The van der Waals surface area contributed by atoms with E-state index >= 15 is 0 Å². The number of nitrogens with zero attached hydrogens (tertiary/aromatic N) is 1. The van der Waals surface area contributed by atoms with E-state index in [0.717, 1.165) is 18.4 Å². The first-order valence-electron chi connectivity index (χ1n) is 8.56.